The highest BCUT2D eigenvalue weighted by Crippen LogP contribution is 2.30. The minimum Gasteiger partial charge on any atom is -0.493 e. The first-order chi connectivity index (χ1) is 15.6. The van der Waals surface area contributed by atoms with E-state index in [4.69, 9.17) is 4.74 Å². The van der Waals surface area contributed by atoms with Crippen LogP contribution in [0.15, 0.2) is 102 Å². The van der Waals surface area contributed by atoms with E-state index < -0.39 is 11.5 Å². The Kier molecular flexibility index (Phi) is 6.29. The second kappa shape index (κ2) is 9.45. The number of ether oxygens (including phenoxy) is 1. The highest BCUT2D eigenvalue weighted by molar-refractivity contribution is 6.03. The molecule has 0 spiro atoms. The Morgan fingerprint density at radius 2 is 1.50 bits per heavy atom. The van der Waals surface area contributed by atoms with Gasteiger partial charge in [0, 0.05) is 5.56 Å². The summed E-state index contributed by atoms with van der Waals surface area (Å²) in [6.45, 7) is 2.42. The quantitative estimate of drug-likeness (QED) is 0.336. The third-order valence-electron chi connectivity index (χ3n) is 5.30. The first kappa shape index (κ1) is 21.3. The zero-order chi connectivity index (χ0) is 22.4. The van der Waals surface area contributed by atoms with Crippen molar-refractivity contribution in [1.82, 2.24) is 5.43 Å². The molecule has 0 atom stereocenters. The number of fused-ring (bicyclic) bond motifs is 1. The molecular weight excluding hydrogens is 400 g/mol. The van der Waals surface area contributed by atoms with Gasteiger partial charge < -0.3 is 9.84 Å². The van der Waals surface area contributed by atoms with Crippen molar-refractivity contribution in [2.24, 2.45) is 5.10 Å². The number of nitrogens with one attached hydrogen (secondary N) is 1. The van der Waals surface area contributed by atoms with Crippen LogP contribution in [0.25, 0.3) is 10.8 Å². The van der Waals surface area contributed by atoms with Crippen LogP contribution in [0, 0.1) is 0 Å². The van der Waals surface area contributed by atoms with Gasteiger partial charge in [-0.2, -0.15) is 5.10 Å². The molecule has 32 heavy (non-hydrogen) atoms. The lowest BCUT2D eigenvalue weighted by molar-refractivity contribution is -0.136. The van der Waals surface area contributed by atoms with Crippen molar-refractivity contribution in [3.8, 4) is 5.75 Å². The number of hydrogen-bond acceptors (Lipinski definition) is 4. The SMILES string of the molecule is CCOc1ccc2ccccc2c1/C=N/NC(=O)C(O)(c1ccccc1)c1ccccc1. The topological polar surface area (TPSA) is 70.9 Å². The van der Waals surface area contributed by atoms with Gasteiger partial charge in [0.05, 0.1) is 12.8 Å². The molecule has 0 bridgehead atoms. The lowest BCUT2D eigenvalue weighted by atomic mass is 9.85. The van der Waals surface area contributed by atoms with Gasteiger partial charge in [-0.05, 0) is 34.9 Å². The zero-order valence-electron chi connectivity index (χ0n) is 17.7. The van der Waals surface area contributed by atoms with E-state index in [1.54, 1.807) is 54.7 Å². The van der Waals surface area contributed by atoms with Gasteiger partial charge in [-0.15, -0.1) is 0 Å². The average molecular weight is 425 g/mol. The second-order valence-electron chi connectivity index (χ2n) is 7.27. The summed E-state index contributed by atoms with van der Waals surface area (Å²) in [5, 5.41) is 17.7. The van der Waals surface area contributed by atoms with E-state index in [1.807, 2.05) is 55.5 Å². The maximum Gasteiger partial charge on any atom is 0.281 e. The Labute approximate surface area is 187 Å². The van der Waals surface area contributed by atoms with Gasteiger partial charge in [-0.25, -0.2) is 5.43 Å². The average Bonchev–Trinajstić information content (AvgIpc) is 2.85. The molecule has 0 radical (unpaired) electrons. The van der Waals surface area contributed by atoms with E-state index in [0.29, 0.717) is 23.5 Å². The molecule has 0 saturated heterocycles. The summed E-state index contributed by atoms with van der Waals surface area (Å²) in [5.74, 6) is 0.0231. The summed E-state index contributed by atoms with van der Waals surface area (Å²) >= 11 is 0. The molecule has 5 nitrogen and oxygen atoms in total. The van der Waals surface area contributed by atoms with Crippen LogP contribution in [0.1, 0.15) is 23.6 Å². The van der Waals surface area contributed by atoms with Gasteiger partial charge in [-0.3, -0.25) is 4.79 Å². The minimum atomic E-state index is -1.89. The number of hydrogen-bond donors (Lipinski definition) is 2. The smallest absolute Gasteiger partial charge is 0.281 e. The van der Waals surface area contributed by atoms with Crippen molar-refractivity contribution < 1.29 is 14.6 Å². The molecule has 0 fully saturated rings. The maximum absolute atomic E-state index is 13.2. The minimum absolute atomic E-state index is 0.457. The van der Waals surface area contributed by atoms with Crippen LogP contribution in [-0.4, -0.2) is 23.8 Å². The van der Waals surface area contributed by atoms with Gasteiger partial charge in [0.1, 0.15) is 5.75 Å². The summed E-state index contributed by atoms with van der Waals surface area (Å²) in [5.41, 5.74) is 2.31. The molecule has 4 rings (SSSR count). The highest BCUT2D eigenvalue weighted by atomic mass is 16.5. The standard InChI is InChI=1S/C27H24N2O3/c1-2-32-25-18-17-20-11-9-10-16-23(20)24(25)19-28-29-26(30)27(31,21-12-5-3-6-13-21)22-14-7-4-8-15-22/h3-19,31H,2H2,1H3,(H,29,30)/b28-19+. The first-order valence-electron chi connectivity index (χ1n) is 10.5. The van der Waals surface area contributed by atoms with Crippen LogP contribution in [0.5, 0.6) is 5.75 Å². The molecule has 0 aliphatic heterocycles. The largest absolute Gasteiger partial charge is 0.493 e. The summed E-state index contributed by atoms with van der Waals surface area (Å²) in [6, 6.07) is 29.4. The molecule has 0 heterocycles. The van der Waals surface area contributed by atoms with E-state index in [1.165, 1.54) is 0 Å². The number of benzene rings is 4. The first-order valence-corrected chi connectivity index (χ1v) is 10.5. The highest BCUT2D eigenvalue weighted by Gasteiger charge is 2.39. The molecule has 1 amide bonds. The molecule has 0 aliphatic rings. The van der Waals surface area contributed by atoms with Crippen molar-refractivity contribution in [2.75, 3.05) is 6.61 Å². The van der Waals surface area contributed by atoms with Gasteiger partial charge >= 0.3 is 0 Å². The molecule has 0 aliphatic carbocycles. The molecule has 0 aromatic heterocycles. The van der Waals surface area contributed by atoms with E-state index in [0.717, 1.165) is 16.3 Å². The second-order valence-corrected chi connectivity index (χ2v) is 7.27. The number of nitrogens with zero attached hydrogens (tertiary/aromatic N) is 1. The molecule has 4 aromatic carbocycles. The van der Waals surface area contributed by atoms with E-state index in [2.05, 4.69) is 10.5 Å². The molecule has 4 aromatic rings. The Balaban J connectivity index is 1.68. The van der Waals surface area contributed by atoms with E-state index >= 15 is 0 Å². The third kappa shape index (κ3) is 4.11. The van der Waals surface area contributed by atoms with Crippen LogP contribution < -0.4 is 10.2 Å². The van der Waals surface area contributed by atoms with Crippen LogP contribution in [0.2, 0.25) is 0 Å². The summed E-state index contributed by atoms with van der Waals surface area (Å²) in [4.78, 5) is 13.2. The Bertz CT molecular complexity index is 1200. The Hall–Kier alpha value is -3.96. The molecule has 160 valence electrons. The van der Waals surface area contributed by atoms with Crippen LogP contribution in [-0.2, 0) is 10.4 Å². The number of carbonyl (C=O) groups is 1. The van der Waals surface area contributed by atoms with Crippen molar-refractivity contribution in [2.45, 2.75) is 12.5 Å². The third-order valence-corrected chi connectivity index (χ3v) is 5.30. The number of rotatable bonds is 7. The maximum atomic E-state index is 13.2. The predicted octanol–water partition coefficient (Wildman–Crippen LogP) is 4.62. The van der Waals surface area contributed by atoms with Crippen molar-refractivity contribution in [1.29, 1.82) is 0 Å². The van der Waals surface area contributed by atoms with Crippen LogP contribution in [0.3, 0.4) is 0 Å². The number of hydrazone groups is 1. The van der Waals surface area contributed by atoms with Crippen LogP contribution >= 0.6 is 0 Å². The van der Waals surface area contributed by atoms with Gasteiger partial charge in [0.25, 0.3) is 5.91 Å². The fourth-order valence-corrected chi connectivity index (χ4v) is 3.71. The fraction of sp³-hybridized carbons (Fsp3) is 0.111. The monoisotopic (exact) mass is 424 g/mol. The molecule has 2 N–H and O–H groups in total. The van der Waals surface area contributed by atoms with Gasteiger partial charge in [0.2, 0.25) is 0 Å². The van der Waals surface area contributed by atoms with Gasteiger partial charge in [-0.1, -0.05) is 91.0 Å². The fourth-order valence-electron chi connectivity index (χ4n) is 3.71. The van der Waals surface area contributed by atoms with E-state index in [9.17, 15) is 9.90 Å². The van der Waals surface area contributed by atoms with Crippen molar-refractivity contribution in [3.05, 3.63) is 114 Å². The van der Waals surface area contributed by atoms with Crippen LogP contribution in [0.4, 0.5) is 0 Å². The number of aliphatic hydroxyl groups is 1. The molecule has 0 saturated carbocycles. The predicted molar refractivity (Wildman–Crippen MR) is 127 cm³/mol. The van der Waals surface area contributed by atoms with Crippen molar-refractivity contribution >= 4 is 22.9 Å². The summed E-state index contributed by atoms with van der Waals surface area (Å²) in [6.07, 6.45) is 1.56. The van der Waals surface area contributed by atoms with E-state index in [-0.39, 0.29) is 0 Å². The summed E-state index contributed by atoms with van der Waals surface area (Å²) in [7, 11) is 0. The normalized spacial score (nSPS) is 11.6. The Morgan fingerprint density at radius 1 is 0.906 bits per heavy atom. The number of amides is 1. The lowest BCUT2D eigenvalue weighted by Gasteiger charge is -2.27. The summed E-state index contributed by atoms with van der Waals surface area (Å²) < 4.78 is 5.76. The molecule has 5 heteroatoms. The van der Waals surface area contributed by atoms with Gasteiger partial charge in [0.15, 0.2) is 5.60 Å². The van der Waals surface area contributed by atoms with Crippen molar-refractivity contribution in [3.63, 3.8) is 0 Å². The Morgan fingerprint density at radius 3 is 2.12 bits per heavy atom. The number of carbonyl (C=O) groups excluding carboxylic acids is 1. The zero-order valence-corrected chi connectivity index (χ0v) is 17.7. The molecular formula is C27H24N2O3. The molecule has 0 unspecified atom stereocenters. The lowest BCUT2D eigenvalue weighted by Crippen LogP contribution is -2.43.